The number of ether oxygens (including phenoxy) is 1. The molecule has 0 spiro atoms. The van der Waals surface area contributed by atoms with Crippen molar-refractivity contribution in [2.24, 2.45) is 5.92 Å². The topological polar surface area (TPSA) is 66.8 Å². The van der Waals surface area contributed by atoms with E-state index >= 15 is 0 Å². The van der Waals surface area contributed by atoms with Crippen LogP contribution in [0.15, 0.2) is 24.3 Å². The zero-order chi connectivity index (χ0) is 17.8. The number of piperidine rings is 1. The van der Waals surface area contributed by atoms with Crippen LogP contribution in [0.4, 0.5) is 4.79 Å². The van der Waals surface area contributed by atoms with Crippen molar-refractivity contribution >= 4 is 12.1 Å². The molecule has 1 saturated heterocycles. The van der Waals surface area contributed by atoms with Gasteiger partial charge in [0.1, 0.15) is 6.10 Å². The van der Waals surface area contributed by atoms with E-state index in [-0.39, 0.29) is 17.7 Å². The molecule has 0 aromatic heterocycles. The number of nitrogens with zero attached hydrogens (tertiary/aromatic N) is 1. The molecular formula is C20H27NO4. The van der Waals surface area contributed by atoms with Gasteiger partial charge in [-0.05, 0) is 36.8 Å². The molecule has 5 nitrogen and oxygen atoms in total. The van der Waals surface area contributed by atoms with Crippen molar-refractivity contribution in [3.05, 3.63) is 35.4 Å². The van der Waals surface area contributed by atoms with Crippen LogP contribution in [0.2, 0.25) is 0 Å². The molecular weight excluding hydrogens is 318 g/mol. The number of likely N-dealkylation sites (tertiary alicyclic amines) is 1. The molecule has 1 aliphatic heterocycles. The molecule has 2 atom stereocenters. The van der Waals surface area contributed by atoms with Crippen LogP contribution in [0.3, 0.4) is 0 Å². The van der Waals surface area contributed by atoms with Crippen molar-refractivity contribution in [1.82, 2.24) is 4.90 Å². The lowest BCUT2D eigenvalue weighted by Crippen LogP contribution is -2.48. The minimum Gasteiger partial charge on any atom is -0.450 e. The average Bonchev–Trinajstić information content (AvgIpc) is 3.15. The summed E-state index contributed by atoms with van der Waals surface area (Å²) < 4.78 is 5.05. The van der Waals surface area contributed by atoms with E-state index in [1.807, 2.05) is 4.90 Å². The first kappa shape index (κ1) is 17.8. The Labute approximate surface area is 149 Å². The molecule has 0 bridgehead atoms. The van der Waals surface area contributed by atoms with Gasteiger partial charge in [-0.15, -0.1) is 0 Å². The molecule has 3 rings (SSSR count). The molecule has 1 aromatic rings. The maximum Gasteiger partial charge on any atom is 0.506 e. The van der Waals surface area contributed by atoms with Crippen molar-refractivity contribution < 1.29 is 19.4 Å². The Hall–Kier alpha value is -2.04. The number of amides is 1. The lowest BCUT2D eigenvalue weighted by atomic mass is 9.87. The molecule has 1 aliphatic carbocycles. The average molecular weight is 345 g/mol. The maximum absolute atomic E-state index is 12.8. The van der Waals surface area contributed by atoms with E-state index in [4.69, 9.17) is 9.84 Å². The normalized spacial score (nSPS) is 24.3. The third kappa shape index (κ3) is 4.33. The van der Waals surface area contributed by atoms with Crippen molar-refractivity contribution in [3.63, 3.8) is 0 Å². The molecule has 5 heteroatoms. The highest BCUT2D eigenvalue weighted by molar-refractivity contribution is 5.79. The second kappa shape index (κ2) is 7.89. The van der Waals surface area contributed by atoms with E-state index < -0.39 is 12.3 Å². The second-order valence-electron chi connectivity index (χ2n) is 7.26. The lowest BCUT2D eigenvalue weighted by Gasteiger charge is -2.38. The summed E-state index contributed by atoms with van der Waals surface area (Å²) in [5.74, 6) is 0.396. The van der Waals surface area contributed by atoms with Crippen molar-refractivity contribution in [3.8, 4) is 0 Å². The zero-order valence-electron chi connectivity index (χ0n) is 14.8. The standard InChI is InChI=1S/C20H27NO4/c1-2-14-7-9-15(10-8-14)17-11-18(25-20(23)24)13-21(12-17)19(22)16-5-3-4-6-16/h7-10,16-18H,2-6,11-13H2,1H3,(H,23,24). The summed E-state index contributed by atoms with van der Waals surface area (Å²) in [7, 11) is 0. The van der Waals surface area contributed by atoms with Crippen LogP contribution < -0.4 is 0 Å². The second-order valence-corrected chi connectivity index (χ2v) is 7.26. The van der Waals surface area contributed by atoms with Gasteiger partial charge in [0.05, 0.1) is 6.54 Å². The molecule has 25 heavy (non-hydrogen) atoms. The smallest absolute Gasteiger partial charge is 0.450 e. The first-order valence-electron chi connectivity index (χ1n) is 9.34. The third-order valence-electron chi connectivity index (χ3n) is 5.56. The Kier molecular flexibility index (Phi) is 5.61. The van der Waals surface area contributed by atoms with Crippen LogP contribution in [0.25, 0.3) is 0 Å². The van der Waals surface area contributed by atoms with Gasteiger partial charge in [0.15, 0.2) is 0 Å². The predicted molar refractivity (Wildman–Crippen MR) is 94.6 cm³/mol. The van der Waals surface area contributed by atoms with E-state index in [1.165, 1.54) is 5.56 Å². The molecule has 1 saturated carbocycles. The number of aryl methyl sites for hydroxylation is 1. The van der Waals surface area contributed by atoms with Crippen LogP contribution in [0, 0.1) is 5.92 Å². The van der Waals surface area contributed by atoms with Gasteiger partial charge in [-0.2, -0.15) is 0 Å². The minimum absolute atomic E-state index is 0.103. The van der Waals surface area contributed by atoms with Crippen molar-refractivity contribution in [2.75, 3.05) is 13.1 Å². The molecule has 0 radical (unpaired) electrons. The first-order valence-corrected chi connectivity index (χ1v) is 9.34. The summed E-state index contributed by atoms with van der Waals surface area (Å²) in [6.45, 7) is 3.15. The number of hydrogen-bond acceptors (Lipinski definition) is 3. The van der Waals surface area contributed by atoms with Crippen LogP contribution >= 0.6 is 0 Å². The van der Waals surface area contributed by atoms with Crippen LogP contribution in [0.1, 0.15) is 56.1 Å². The van der Waals surface area contributed by atoms with Gasteiger partial charge in [0.2, 0.25) is 5.91 Å². The van der Waals surface area contributed by atoms with Crippen LogP contribution in [-0.2, 0) is 16.0 Å². The molecule has 1 amide bonds. The largest absolute Gasteiger partial charge is 0.506 e. The van der Waals surface area contributed by atoms with Crippen molar-refractivity contribution in [2.45, 2.75) is 57.5 Å². The van der Waals surface area contributed by atoms with Gasteiger partial charge in [0.25, 0.3) is 0 Å². The fourth-order valence-corrected chi connectivity index (χ4v) is 4.16. The van der Waals surface area contributed by atoms with Gasteiger partial charge in [-0.1, -0.05) is 44.0 Å². The van der Waals surface area contributed by atoms with Crippen LogP contribution in [0.5, 0.6) is 0 Å². The van der Waals surface area contributed by atoms with Gasteiger partial charge < -0.3 is 14.7 Å². The Morgan fingerprint density at radius 1 is 1.16 bits per heavy atom. The monoisotopic (exact) mass is 345 g/mol. The summed E-state index contributed by atoms with van der Waals surface area (Å²) in [5, 5.41) is 9.00. The molecule has 2 aliphatic rings. The molecule has 2 fully saturated rings. The Morgan fingerprint density at radius 3 is 2.44 bits per heavy atom. The van der Waals surface area contributed by atoms with E-state index in [0.29, 0.717) is 19.5 Å². The third-order valence-corrected chi connectivity index (χ3v) is 5.56. The van der Waals surface area contributed by atoms with Gasteiger partial charge >= 0.3 is 6.16 Å². The Morgan fingerprint density at radius 2 is 1.84 bits per heavy atom. The fraction of sp³-hybridized carbons (Fsp3) is 0.600. The van der Waals surface area contributed by atoms with E-state index in [1.54, 1.807) is 0 Å². The van der Waals surface area contributed by atoms with Crippen molar-refractivity contribution in [1.29, 1.82) is 0 Å². The first-order chi connectivity index (χ1) is 12.1. The van der Waals surface area contributed by atoms with E-state index in [0.717, 1.165) is 37.7 Å². The summed E-state index contributed by atoms with van der Waals surface area (Å²) in [6, 6.07) is 8.43. The highest BCUT2D eigenvalue weighted by atomic mass is 16.7. The number of carbonyl (C=O) groups is 2. The molecule has 136 valence electrons. The van der Waals surface area contributed by atoms with Gasteiger partial charge in [-0.3, -0.25) is 4.79 Å². The number of carboxylic acid groups (broad SMARTS) is 1. The predicted octanol–water partition coefficient (Wildman–Crippen LogP) is 3.82. The van der Waals surface area contributed by atoms with Crippen LogP contribution in [-0.4, -0.2) is 41.3 Å². The number of carbonyl (C=O) groups excluding carboxylic acids is 1. The fourth-order valence-electron chi connectivity index (χ4n) is 4.16. The number of benzene rings is 1. The maximum atomic E-state index is 12.8. The molecule has 2 unspecified atom stereocenters. The Bertz CT molecular complexity index is 607. The number of rotatable bonds is 4. The highest BCUT2D eigenvalue weighted by Crippen LogP contribution is 2.32. The highest BCUT2D eigenvalue weighted by Gasteiger charge is 2.36. The van der Waals surface area contributed by atoms with E-state index in [9.17, 15) is 9.59 Å². The molecule has 1 N–H and O–H groups in total. The zero-order valence-corrected chi connectivity index (χ0v) is 14.8. The summed E-state index contributed by atoms with van der Waals surface area (Å²) in [4.78, 5) is 25.7. The van der Waals surface area contributed by atoms with Gasteiger partial charge in [0, 0.05) is 18.4 Å². The molecule has 1 heterocycles. The summed E-state index contributed by atoms with van der Waals surface area (Å²) in [5.41, 5.74) is 2.43. The van der Waals surface area contributed by atoms with E-state index in [2.05, 4.69) is 31.2 Å². The summed E-state index contributed by atoms with van der Waals surface area (Å²) >= 11 is 0. The number of hydrogen-bond donors (Lipinski definition) is 1. The SMILES string of the molecule is CCc1ccc(C2CC(OC(=O)O)CN(C(=O)C3CCCC3)C2)cc1. The lowest BCUT2D eigenvalue weighted by molar-refractivity contribution is -0.139. The quantitative estimate of drug-likeness (QED) is 0.843. The summed E-state index contributed by atoms with van der Waals surface area (Å²) in [6.07, 6.45) is 4.04. The molecule has 1 aromatic carbocycles. The minimum atomic E-state index is -1.26. The van der Waals surface area contributed by atoms with Gasteiger partial charge in [-0.25, -0.2) is 4.79 Å². The Balaban J connectivity index is 1.76.